The largest absolute Gasteiger partial charge is 0.428 e. The number of hydrogen-bond donors (Lipinski definition) is 3. The molecule has 0 saturated heterocycles. The highest BCUT2D eigenvalue weighted by atomic mass is 16.5. The van der Waals surface area contributed by atoms with Crippen LogP contribution in [0.4, 0.5) is 5.82 Å². The minimum Gasteiger partial charge on any atom is -0.428 e. The van der Waals surface area contributed by atoms with Gasteiger partial charge in [0, 0.05) is 12.1 Å². The predicted molar refractivity (Wildman–Crippen MR) is 66.8 cm³/mol. The molecule has 0 unspecified atom stereocenters. The number of fused-ring (bicyclic) bond motifs is 1. The summed E-state index contributed by atoms with van der Waals surface area (Å²) in [6, 6.07) is 3.47. The monoisotopic (exact) mass is 230 g/mol. The molecule has 0 bridgehead atoms. The highest BCUT2D eigenvalue weighted by Crippen LogP contribution is 2.28. The van der Waals surface area contributed by atoms with Gasteiger partial charge in [0.1, 0.15) is 16.9 Å². The molecule has 0 saturated carbocycles. The molecule has 1 aliphatic rings. The number of nitrogen functional groups attached to an aromatic ring is 1. The van der Waals surface area contributed by atoms with E-state index in [0.29, 0.717) is 11.3 Å². The van der Waals surface area contributed by atoms with Crippen LogP contribution in [0.25, 0.3) is 16.6 Å². The fourth-order valence-electron chi connectivity index (χ4n) is 2.21. The van der Waals surface area contributed by atoms with Crippen LogP contribution in [0.15, 0.2) is 24.4 Å². The zero-order chi connectivity index (χ0) is 11.8. The van der Waals surface area contributed by atoms with E-state index in [2.05, 4.69) is 16.4 Å². The molecular formula is C12H14N4O. The molecule has 5 nitrogen and oxygen atoms in total. The van der Waals surface area contributed by atoms with Gasteiger partial charge in [0.05, 0.1) is 6.20 Å². The molecule has 88 valence electrons. The van der Waals surface area contributed by atoms with Crippen LogP contribution in [0.3, 0.4) is 0 Å². The highest BCUT2D eigenvalue weighted by molar-refractivity contribution is 5.91. The number of pyridine rings is 1. The molecule has 0 amide bonds. The van der Waals surface area contributed by atoms with Crippen molar-refractivity contribution in [3.05, 3.63) is 30.0 Å². The zero-order valence-corrected chi connectivity index (χ0v) is 9.35. The molecule has 4 N–H and O–H groups in total. The topological polar surface area (TPSA) is 76.1 Å². The molecule has 0 aliphatic carbocycles. The van der Waals surface area contributed by atoms with E-state index in [0.717, 1.165) is 35.3 Å². The van der Waals surface area contributed by atoms with E-state index in [1.807, 2.05) is 0 Å². The van der Waals surface area contributed by atoms with E-state index in [9.17, 15) is 5.21 Å². The summed E-state index contributed by atoms with van der Waals surface area (Å²) in [6.45, 7) is 1.81. The Morgan fingerprint density at radius 1 is 1.41 bits per heavy atom. The lowest BCUT2D eigenvalue weighted by atomic mass is 10.0. The summed E-state index contributed by atoms with van der Waals surface area (Å²) in [5.41, 5.74) is 9.33. The SMILES string of the molecule is Nc1ccc2c(n1)c(C1=CCNCC1)cn2O. The van der Waals surface area contributed by atoms with Crippen molar-refractivity contribution < 1.29 is 5.21 Å². The summed E-state index contributed by atoms with van der Waals surface area (Å²) in [7, 11) is 0. The van der Waals surface area contributed by atoms with Gasteiger partial charge in [-0.05, 0) is 30.7 Å². The van der Waals surface area contributed by atoms with Crippen LogP contribution in [0.5, 0.6) is 0 Å². The summed E-state index contributed by atoms with van der Waals surface area (Å²) in [5.74, 6) is 0.472. The quantitative estimate of drug-likeness (QED) is 0.644. The molecule has 2 aromatic heterocycles. The predicted octanol–water partition coefficient (Wildman–Crippen LogP) is 1.23. The van der Waals surface area contributed by atoms with Crippen molar-refractivity contribution in [3.8, 4) is 0 Å². The van der Waals surface area contributed by atoms with Gasteiger partial charge in [-0.25, -0.2) is 4.98 Å². The normalized spacial score (nSPS) is 16.1. The van der Waals surface area contributed by atoms with E-state index in [1.54, 1.807) is 18.3 Å². The van der Waals surface area contributed by atoms with Gasteiger partial charge in [-0.15, -0.1) is 0 Å². The van der Waals surface area contributed by atoms with Crippen LogP contribution >= 0.6 is 0 Å². The highest BCUT2D eigenvalue weighted by Gasteiger charge is 2.14. The second kappa shape index (κ2) is 3.78. The summed E-state index contributed by atoms with van der Waals surface area (Å²) >= 11 is 0. The van der Waals surface area contributed by atoms with Crippen LogP contribution in [0, 0.1) is 0 Å². The van der Waals surface area contributed by atoms with Crippen LogP contribution in [-0.4, -0.2) is 28.0 Å². The van der Waals surface area contributed by atoms with Crippen molar-refractivity contribution >= 4 is 22.4 Å². The molecule has 1 aliphatic heterocycles. The molecular weight excluding hydrogens is 216 g/mol. The molecule has 17 heavy (non-hydrogen) atoms. The smallest absolute Gasteiger partial charge is 0.124 e. The number of hydrogen-bond acceptors (Lipinski definition) is 4. The van der Waals surface area contributed by atoms with Gasteiger partial charge in [-0.3, -0.25) is 0 Å². The molecule has 3 rings (SSSR count). The van der Waals surface area contributed by atoms with Gasteiger partial charge < -0.3 is 16.3 Å². The Kier molecular flexibility index (Phi) is 2.26. The zero-order valence-electron chi connectivity index (χ0n) is 9.35. The minimum absolute atomic E-state index is 0.472. The third kappa shape index (κ3) is 1.64. The number of anilines is 1. The first-order chi connectivity index (χ1) is 8.25. The average Bonchev–Trinajstić information content (AvgIpc) is 2.67. The fourth-order valence-corrected chi connectivity index (χ4v) is 2.21. The molecule has 3 heterocycles. The second-order valence-electron chi connectivity index (χ2n) is 4.17. The second-order valence-corrected chi connectivity index (χ2v) is 4.17. The number of aromatic nitrogens is 2. The molecule has 5 heteroatoms. The third-order valence-electron chi connectivity index (χ3n) is 3.06. The maximum atomic E-state index is 9.81. The van der Waals surface area contributed by atoms with E-state index in [1.165, 1.54) is 5.57 Å². The van der Waals surface area contributed by atoms with Gasteiger partial charge >= 0.3 is 0 Å². The first-order valence-corrected chi connectivity index (χ1v) is 5.62. The summed E-state index contributed by atoms with van der Waals surface area (Å²) in [5, 5.41) is 13.1. The van der Waals surface area contributed by atoms with Crippen molar-refractivity contribution in [1.29, 1.82) is 0 Å². The first kappa shape index (κ1) is 10.2. The average molecular weight is 230 g/mol. The van der Waals surface area contributed by atoms with Crippen molar-refractivity contribution in [1.82, 2.24) is 15.0 Å². The number of nitrogens with zero attached hydrogens (tertiary/aromatic N) is 2. The Balaban J connectivity index is 2.22. The van der Waals surface area contributed by atoms with E-state index in [-0.39, 0.29) is 0 Å². The fraction of sp³-hybridized carbons (Fsp3) is 0.250. The molecule has 0 radical (unpaired) electrons. The standard InChI is InChI=1S/C12H14N4O/c13-11-2-1-10-12(15-11)9(7-16(10)17)8-3-5-14-6-4-8/h1-3,7,14,17H,4-6H2,(H2,13,15). The van der Waals surface area contributed by atoms with Gasteiger partial charge in [-0.1, -0.05) is 6.08 Å². The Morgan fingerprint density at radius 2 is 2.29 bits per heavy atom. The van der Waals surface area contributed by atoms with Crippen LogP contribution in [0.2, 0.25) is 0 Å². The van der Waals surface area contributed by atoms with Crippen LogP contribution in [-0.2, 0) is 0 Å². The first-order valence-electron chi connectivity index (χ1n) is 5.62. The lowest BCUT2D eigenvalue weighted by molar-refractivity contribution is 0.200. The lowest BCUT2D eigenvalue weighted by Crippen LogP contribution is -2.20. The lowest BCUT2D eigenvalue weighted by Gasteiger charge is -2.12. The van der Waals surface area contributed by atoms with Crippen LogP contribution in [0.1, 0.15) is 12.0 Å². The van der Waals surface area contributed by atoms with E-state index in [4.69, 9.17) is 5.73 Å². The number of nitrogens with one attached hydrogen (secondary N) is 1. The Bertz CT molecular complexity index is 600. The summed E-state index contributed by atoms with van der Waals surface area (Å²) < 4.78 is 1.11. The van der Waals surface area contributed by atoms with Crippen molar-refractivity contribution in [3.63, 3.8) is 0 Å². The maximum absolute atomic E-state index is 9.81. The van der Waals surface area contributed by atoms with E-state index >= 15 is 0 Å². The molecule has 0 aromatic carbocycles. The molecule has 0 spiro atoms. The van der Waals surface area contributed by atoms with Crippen molar-refractivity contribution in [2.24, 2.45) is 0 Å². The van der Waals surface area contributed by atoms with Gasteiger partial charge in [0.2, 0.25) is 0 Å². The van der Waals surface area contributed by atoms with Crippen LogP contribution < -0.4 is 11.1 Å². The Labute approximate surface area is 98.5 Å². The summed E-state index contributed by atoms with van der Waals surface area (Å²) in [6.07, 6.45) is 4.77. The summed E-state index contributed by atoms with van der Waals surface area (Å²) in [4.78, 5) is 4.31. The Hall–Kier alpha value is -2.01. The van der Waals surface area contributed by atoms with Gasteiger partial charge in [0.15, 0.2) is 0 Å². The third-order valence-corrected chi connectivity index (χ3v) is 3.06. The number of nitrogens with two attached hydrogens (primary N) is 1. The van der Waals surface area contributed by atoms with E-state index < -0.39 is 0 Å². The molecule has 2 aromatic rings. The van der Waals surface area contributed by atoms with Gasteiger partial charge in [-0.2, -0.15) is 4.73 Å². The molecule has 0 atom stereocenters. The minimum atomic E-state index is 0.472. The van der Waals surface area contributed by atoms with Gasteiger partial charge in [0.25, 0.3) is 0 Å². The Morgan fingerprint density at radius 3 is 3.06 bits per heavy atom. The van der Waals surface area contributed by atoms with Crippen molar-refractivity contribution in [2.75, 3.05) is 18.8 Å². The van der Waals surface area contributed by atoms with Crippen molar-refractivity contribution in [2.45, 2.75) is 6.42 Å². The number of rotatable bonds is 1. The maximum Gasteiger partial charge on any atom is 0.124 e. The molecule has 0 fully saturated rings.